The number of aliphatic imine (C=N–C) groups is 1. The van der Waals surface area contributed by atoms with Crippen molar-refractivity contribution in [3.05, 3.63) is 136 Å². The molecule has 0 spiro atoms. The highest BCUT2D eigenvalue weighted by Crippen LogP contribution is 2.48. The third-order valence-electron chi connectivity index (χ3n) is 8.89. The van der Waals surface area contributed by atoms with Crippen LogP contribution in [0.2, 0.25) is 0 Å². The number of nitrogens with zero attached hydrogens (tertiary/aromatic N) is 2. The highest BCUT2D eigenvalue weighted by Gasteiger charge is 2.42. The quantitative estimate of drug-likeness (QED) is 0.0814. The topological polar surface area (TPSA) is 110 Å². The van der Waals surface area contributed by atoms with Crippen LogP contribution in [0.15, 0.2) is 114 Å². The molecule has 3 atom stereocenters. The van der Waals surface area contributed by atoms with Gasteiger partial charge in [-0.15, -0.1) is 34.9 Å². The van der Waals surface area contributed by atoms with Gasteiger partial charge in [0.05, 0.1) is 17.7 Å². The fraction of sp³-hybridized carbons (Fsp3) is 0.325. The van der Waals surface area contributed by atoms with Crippen molar-refractivity contribution in [1.29, 1.82) is 0 Å². The van der Waals surface area contributed by atoms with E-state index in [0.29, 0.717) is 22.9 Å². The summed E-state index contributed by atoms with van der Waals surface area (Å²) in [5.74, 6) is -0.264. The van der Waals surface area contributed by atoms with E-state index in [2.05, 4.69) is 88.4 Å². The number of thiazole rings is 1. The number of carbonyl (C=O) groups excluding carboxylic acids is 3. The molecular formula is C40H42N4O4S3. The number of esters is 1. The zero-order valence-corrected chi connectivity index (χ0v) is 31.4. The van der Waals surface area contributed by atoms with Gasteiger partial charge in [0.15, 0.2) is 0 Å². The van der Waals surface area contributed by atoms with Crippen molar-refractivity contribution < 1.29 is 19.1 Å². The fourth-order valence-electron chi connectivity index (χ4n) is 6.13. The first-order valence-electron chi connectivity index (χ1n) is 17.1. The molecule has 264 valence electrons. The molecule has 4 aromatic rings. The average molecular weight is 739 g/mol. The van der Waals surface area contributed by atoms with Gasteiger partial charge in [0, 0.05) is 11.1 Å². The number of fused-ring (bicyclic) bond motifs is 4. The number of rotatable bonds is 9. The Bertz CT molecular complexity index is 1780. The van der Waals surface area contributed by atoms with Crippen LogP contribution in [0, 0.1) is 5.92 Å². The molecular weight excluding hydrogens is 697 g/mol. The van der Waals surface area contributed by atoms with Crippen molar-refractivity contribution in [2.45, 2.75) is 62.6 Å². The van der Waals surface area contributed by atoms with E-state index in [0.717, 1.165) is 10.8 Å². The highest BCUT2D eigenvalue weighted by atomic mass is 32.2. The predicted molar refractivity (Wildman–Crippen MR) is 208 cm³/mol. The average Bonchev–Trinajstić information content (AvgIpc) is 3.79. The maximum Gasteiger partial charge on any atom is 0.329 e. The van der Waals surface area contributed by atoms with E-state index in [9.17, 15) is 14.4 Å². The van der Waals surface area contributed by atoms with Gasteiger partial charge in [0.25, 0.3) is 0 Å². The molecule has 2 N–H and O–H groups in total. The highest BCUT2D eigenvalue weighted by molar-refractivity contribution is 8.14. The monoisotopic (exact) mass is 738 g/mol. The van der Waals surface area contributed by atoms with Crippen LogP contribution < -0.4 is 10.6 Å². The molecule has 0 fully saturated rings. The Labute approximate surface area is 312 Å². The number of hydrogen-bond donors (Lipinski definition) is 2. The molecule has 51 heavy (non-hydrogen) atoms. The van der Waals surface area contributed by atoms with E-state index in [1.807, 2.05) is 55.3 Å². The van der Waals surface area contributed by atoms with E-state index in [1.54, 1.807) is 13.0 Å². The molecule has 4 bridgehead atoms. The summed E-state index contributed by atoms with van der Waals surface area (Å²) >= 11 is 4.73. The summed E-state index contributed by atoms with van der Waals surface area (Å²) in [7, 11) is 0. The molecule has 11 heteroatoms. The van der Waals surface area contributed by atoms with Gasteiger partial charge in [-0.2, -0.15) is 0 Å². The number of ether oxygens (including phenoxy) is 1. The lowest BCUT2D eigenvalue weighted by Crippen LogP contribution is -2.53. The van der Waals surface area contributed by atoms with Crippen molar-refractivity contribution >= 4 is 57.7 Å². The summed E-state index contributed by atoms with van der Waals surface area (Å²) in [5.41, 5.74) is 3.18. The SMILES string of the molecule is CC(C)C1NC(=O)[C@]2(C)CSC(=N2)c2csc(n2)CNC(=O)C[C@@H](/C=C/CCSC(c2ccccc2)(c2ccccc2)c2ccccc2)OC1=O. The van der Waals surface area contributed by atoms with E-state index in [4.69, 9.17) is 9.73 Å². The Morgan fingerprint density at radius 3 is 2.16 bits per heavy atom. The van der Waals surface area contributed by atoms with Crippen molar-refractivity contribution in [2.24, 2.45) is 10.9 Å². The molecule has 0 saturated carbocycles. The number of carbonyl (C=O) groups is 3. The summed E-state index contributed by atoms with van der Waals surface area (Å²) in [6.45, 7) is 5.73. The van der Waals surface area contributed by atoms with Crippen LogP contribution in [0.1, 0.15) is 61.0 Å². The van der Waals surface area contributed by atoms with E-state index in [1.165, 1.54) is 39.8 Å². The zero-order valence-electron chi connectivity index (χ0n) is 28.9. The normalized spacial score (nSPS) is 21.6. The number of thioether (sulfide) groups is 2. The van der Waals surface area contributed by atoms with Crippen LogP contribution in [-0.4, -0.2) is 57.0 Å². The summed E-state index contributed by atoms with van der Waals surface area (Å²) < 4.78 is 5.52. The number of amides is 2. The third kappa shape index (κ3) is 8.48. The Hall–Kier alpha value is -4.19. The molecule has 1 unspecified atom stereocenters. The lowest BCUT2D eigenvalue weighted by atomic mass is 9.84. The van der Waals surface area contributed by atoms with Gasteiger partial charge >= 0.3 is 5.97 Å². The maximum atomic E-state index is 13.6. The Morgan fingerprint density at radius 1 is 0.961 bits per heavy atom. The Balaban J connectivity index is 1.23. The molecule has 8 nitrogen and oxygen atoms in total. The van der Waals surface area contributed by atoms with E-state index in [-0.39, 0.29) is 30.7 Å². The second-order valence-corrected chi connectivity index (χ2v) is 16.3. The van der Waals surface area contributed by atoms with Gasteiger partial charge in [0.2, 0.25) is 11.8 Å². The third-order valence-corrected chi connectivity index (χ3v) is 12.6. The zero-order chi connectivity index (χ0) is 35.8. The van der Waals surface area contributed by atoms with Crippen LogP contribution in [-0.2, 0) is 30.4 Å². The molecule has 3 heterocycles. The summed E-state index contributed by atoms with van der Waals surface area (Å²) in [6.07, 6.45) is 3.55. The van der Waals surface area contributed by atoms with Gasteiger partial charge in [0.1, 0.15) is 33.4 Å². The lowest BCUT2D eigenvalue weighted by molar-refractivity contribution is -0.153. The number of hydrogen-bond acceptors (Lipinski definition) is 9. The molecule has 0 radical (unpaired) electrons. The van der Waals surface area contributed by atoms with Gasteiger partial charge in [-0.3, -0.25) is 14.6 Å². The van der Waals surface area contributed by atoms with Gasteiger partial charge in [-0.1, -0.05) is 111 Å². The number of cyclic esters (lactones) is 1. The standard InChI is InChI=1S/C40H42N4O4S3/c1-27(2)35-37(46)48-31(23-33(45)41-24-34-42-32(25-49-34)36-44-39(3,26-50-36)38(47)43-35)21-13-14-22-51-40(28-15-7-4-8-16-28,29-17-9-5-10-18-29)30-19-11-6-12-20-30/h4-13,15-21,25,27,31,35H,14,22-24,26H2,1-3H3,(H,41,45)(H,43,47)/b21-13+/t31-,35?,39+/m1/s1. The molecule has 0 saturated heterocycles. The summed E-state index contributed by atoms with van der Waals surface area (Å²) in [4.78, 5) is 49.7. The number of aromatic nitrogens is 1. The van der Waals surface area contributed by atoms with Gasteiger partial charge in [-0.25, -0.2) is 9.78 Å². The minimum Gasteiger partial charge on any atom is -0.456 e. The smallest absolute Gasteiger partial charge is 0.329 e. The Morgan fingerprint density at radius 2 is 1.57 bits per heavy atom. The van der Waals surface area contributed by atoms with Crippen LogP contribution >= 0.6 is 34.9 Å². The van der Waals surface area contributed by atoms with E-state index >= 15 is 0 Å². The summed E-state index contributed by atoms with van der Waals surface area (Å²) in [5, 5.41) is 9.14. The van der Waals surface area contributed by atoms with Crippen LogP contribution in [0.5, 0.6) is 0 Å². The Kier molecular flexibility index (Phi) is 11.8. The number of allylic oxidation sites excluding steroid dienone is 1. The maximum absolute atomic E-state index is 13.6. The van der Waals surface area contributed by atoms with Crippen molar-refractivity contribution in [3.8, 4) is 0 Å². The molecule has 0 aliphatic carbocycles. The minimum atomic E-state index is -1.05. The minimum absolute atomic E-state index is 0.0609. The van der Waals surface area contributed by atoms with Gasteiger partial charge < -0.3 is 15.4 Å². The molecule has 3 aromatic carbocycles. The number of nitrogens with one attached hydrogen (secondary N) is 2. The van der Waals surface area contributed by atoms with E-state index < -0.39 is 28.4 Å². The molecule has 2 aliphatic heterocycles. The fourth-order valence-corrected chi connectivity index (χ4v) is 9.52. The molecule has 6 rings (SSSR count). The van der Waals surface area contributed by atoms with Crippen molar-refractivity contribution in [1.82, 2.24) is 15.6 Å². The summed E-state index contributed by atoms with van der Waals surface area (Å²) in [6, 6.07) is 30.7. The van der Waals surface area contributed by atoms with Crippen LogP contribution in [0.3, 0.4) is 0 Å². The van der Waals surface area contributed by atoms with Gasteiger partial charge in [-0.05, 0) is 47.8 Å². The van der Waals surface area contributed by atoms with Crippen LogP contribution in [0.4, 0.5) is 0 Å². The first-order valence-corrected chi connectivity index (χ1v) is 20.0. The number of benzene rings is 3. The largest absolute Gasteiger partial charge is 0.456 e. The molecule has 2 amide bonds. The molecule has 2 aliphatic rings. The lowest BCUT2D eigenvalue weighted by Gasteiger charge is -2.35. The molecule has 1 aromatic heterocycles. The van der Waals surface area contributed by atoms with Crippen molar-refractivity contribution in [2.75, 3.05) is 11.5 Å². The second kappa shape index (κ2) is 16.4. The van der Waals surface area contributed by atoms with Crippen molar-refractivity contribution in [3.63, 3.8) is 0 Å². The first-order chi connectivity index (χ1) is 24.7. The second-order valence-electron chi connectivity index (χ2n) is 13.1. The predicted octanol–water partition coefficient (Wildman–Crippen LogP) is 7.14. The first kappa shape index (κ1) is 36.6. The van der Waals surface area contributed by atoms with Crippen LogP contribution in [0.25, 0.3) is 0 Å².